The van der Waals surface area contributed by atoms with Gasteiger partial charge >= 0.3 is 5.97 Å². The van der Waals surface area contributed by atoms with Crippen molar-refractivity contribution in [1.29, 1.82) is 0 Å². The zero-order valence-electron chi connectivity index (χ0n) is 10.5. The number of carboxylic acids is 1. The first kappa shape index (κ1) is 13.3. The first-order valence-corrected chi connectivity index (χ1v) is 6.07. The summed E-state index contributed by atoms with van der Waals surface area (Å²) in [6, 6.07) is 2.74. The van der Waals surface area contributed by atoms with Gasteiger partial charge < -0.3 is 10.4 Å². The molecule has 0 aromatic carbocycles. The van der Waals surface area contributed by atoms with E-state index in [1.165, 1.54) is 12.1 Å². The minimum absolute atomic E-state index is 0.0301. The summed E-state index contributed by atoms with van der Waals surface area (Å²) < 4.78 is 0. The molecule has 1 saturated carbocycles. The van der Waals surface area contributed by atoms with Crippen LogP contribution in [0.15, 0.2) is 12.1 Å². The van der Waals surface area contributed by atoms with Crippen LogP contribution in [0, 0.1) is 23.0 Å². The Bertz CT molecular complexity index is 514. The maximum Gasteiger partial charge on any atom is 0.305 e. The predicted molar refractivity (Wildman–Crippen MR) is 68.0 cm³/mol. The average Bonchev–Trinajstić information content (AvgIpc) is 3.10. The van der Waals surface area contributed by atoms with Crippen molar-refractivity contribution in [1.82, 2.24) is 4.98 Å². The van der Waals surface area contributed by atoms with Crippen LogP contribution in [0.3, 0.4) is 0 Å². The Balaban J connectivity index is 2.11. The lowest BCUT2D eigenvalue weighted by Gasteiger charge is -2.16. The first-order valence-electron chi connectivity index (χ1n) is 6.07. The number of aliphatic carboxylic acids is 1. The average molecular weight is 265 g/mol. The maximum absolute atomic E-state index is 10.8. The fourth-order valence-electron chi connectivity index (χ4n) is 2.04. The maximum atomic E-state index is 10.8. The molecular weight excluding hydrogens is 250 g/mol. The van der Waals surface area contributed by atoms with Crippen molar-refractivity contribution in [3.63, 3.8) is 0 Å². The highest BCUT2D eigenvalue weighted by atomic mass is 16.6. The molecule has 0 spiro atoms. The molecule has 2 N–H and O–H groups in total. The topological polar surface area (TPSA) is 105 Å². The number of nitrogens with zero attached hydrogens (tertiary/aromatic N) is 2. The predicted octanol–water partition coefficient (Wildman–Crippen LogP) is 1.96. The van der Waals surface area contributed by atoms with Crippen LogP contribution in [0.5, 0.6) is 0 Å². The molecule has 1 heterocycles. The monoisotopic (exact) mass is 265 g/mol. The lowest BCUT2D eigenvalue weighted by Crippen LogP contribution is -2.25. The van der Waals surface area contributed by atoms with Crippen molar-refractivity contribution in [3.8, 4) is 0 Å². The molecule has 0 saturated heterocycles. The van der Waals surface area contributed by atoms with Crippen LogP contribution in [0.2, 0.25) is 0 Å². The fraction of sp³-hybridized carbons (Fsp3) is 0.500. The van der Waals surface area contributed by atoms with E-state index in [0.717, 1.165) is 12.8 Å². The van der Waals surface area contributed by atoms with E-state index >= 15 is 0 Å². The van der Waals surface area contributed by atoms with Gasteiger partial charge in [0.15, 0.2) is 0 Å². The van der Waals surface area contributed by atoms with Gasteiger partial charge in [-0.1, -0.05) is 0 Å². The Hall–Kier alpha value is -2.18. The zero-order valence-corrected chi connectivity index (χ0v) is 10.5. The SMILES string of the molecule is Cc1nc(NC(CC(=O)O)C2CC2)ccc1[N+](=O)[O-]. The molecule has 0 radical (unpaired) electrons. The van der Waals surface area contributed by atoms with Crippen molar-refractivity contribution < 1.29 is 14.8 Å². The summed E-state index contributed by atoms with van der Waals surface area (Å²) in [6.07, 6.45) is 2.05. The van der Waals surface area contributed by atoms with Gasteiger partial charge in [0.25, 0.3) is 5.69 Å². The van der Waals surface area contributed by atoms with Crippen molar-refractivity contribution >= 4 is 17.5 Å². The standard InChI is InChI=1S/C12H15N3O4/c1-7-10(15(18)19)4-5-11(13-7)14-9(6-12(16)17)8-2-3-8/h4-5,8-9H,2-3,6H2,1H3,(H,13,14)(H,16,17). The molecule has 7 nitrogen and oxygen atoms in total. The van der Waals surface area contributed by atoms with Gasteiger partial charge in [-0.2, -0.15) is 0 Å². The van der Waals surface area contributed by atoms with E-state index in [9.17, 15) is 14.9 Å². The number of carbonyl (C=O) groups is 1. The molecule has 1 fully saturated rings. The lowest BCUT2D eigenvalue weighted by atomic mass is 10.1. The molecule has 1 aliphatic carbocycles. The highest BCUT2D eigenvalue weighted by molar-refractivity contribution is 5.68. The second-order valence-corrected chi connectivity index (χ2v) is 4.74. The Morgan fingerprint density at radius 3 is 2.79 bits per heavy atom. The number of hydrogen-bond acceptors (Lipinski definition) is 5. The minimum atomic E-state index is -0.858. The van der Waals surface area contributed by atoms with E-state index < -0.39 is 10.9 Å². The van der Waals surface area contributed by atoms with Gasteiger partial charge in [-0.25, -0.2) is 4.98 Å². The molecule has 0 bridgehead atoms. The molecule has 7 heteroatoms. The van der Waals surface area contributed by atoms with Gasteiger partial charge in [-0.05, 0) is 31.7 Å². The molecule has 1 unspecified atom stereocenters. The van der Waals surface area contributed by atoms with E-state index in [4.69, 9.17) is 5.11 Å². The second kappa shape index (κ2) is 5.21. The van der Waals surface area contributed by atoms with Gasteiger partial charge in [0.05, 0.1) is 11.3 Å². The summed E-state index contributed by atoms with van der Waals surface area (Å²) in [5, 5.41) is 22.6. The van der Waals surface area contributed by atoms with Gasteiger partial charge in [-0.3, -0.25) is 14.9 Å². The smallest absolute Gasteiger partial charge is 0.305 e. The summed E-state index contributed by atoms with van der Waals surface area (Å²) >= 11 is 0. The molecule has 102 valence electrons. The molecule has 0 amide bonds. The van der Waals surface area contributed by atoms with Gasteiger partial charge in [0, 0.05) is 12.1 Å². The van der Waals surface area contributed by atoms with Crippen molar-refractivity contribution in [2.75, 3.05) is 5.32 Å². The largest absolute Gasteiger partial charge is 0.481 e. The summed E-state index contributed by atoms with van der Waals surface area (Å²) in [7, 11) is 0. The van der Waals surface area contributed by atoms with Gasteiger partial charge in [0.2, 0.25) is 0 Å². The molecular formula is C12H15N3O4. The highest BCUT2D eigenvalue weighted by Crippen LogP contribution is 2.35. The quantitative estimate of drug-likeness (QED) is 0.601. The molecule has 1 aliphatic rings. The fourth-order valence-corrected chi connectivity index (χ4v) is 2.04. The number of aromatic nitrogens is 1. The Labute approximate surface area is 109 Å². The van der Waals surface area contributed by atoms with E-state index in [1.54, 1.807) is 6.92 Å². The Morgan fingerprint density at radius 1 is 1.63 bits per heavy atom. The van der Waals surface area contributed by atoms with Crippen LogP contribution in [-0.4, -0.2) is 27.0 Å². The molecule has 0 aliphatic heterocycles. The summed E-state index contributed by atoms with van der Waals surface area (Å²) in [5.41, 5.74) is 0.284. The summed E-state index contributed by atoms with van der Waals surface area (Å²) in [4.78, 5) is 25.1. The number of anilines is 1. The van der Waals surface area contributed by atoms with E-state index in [-0.39, 0.29) is 18.2 Å². The summed E-state index contributed by atoms with van der Waals surface area (Å²) in [5.74, 6) is -0.0160. The number of aryl methyl sites for hydroxylation is 1. The Morgan fingerprint density at radius 2 is 2.32 bits per heavy atom. The third-order valence-corrected chi connectivity index (χ3v) is 3.17. The number of nitrogens with one attached hydrogen (secondary N) is 1. The van der Waals surface area contributed by atoms with Crippen molar-refractivity contribution in [2.24, 2.45) is 5.92 Å². The van der Waals surface area contributed by atoms with E-state index in [2.05, 4.69) is 10.3 Å². The Kier molecular flexibility index (Phi) is 3.64. The highest BCUT2D eigenvalue weighted by Gasteiger charge is 2.33. The number of hydrogen-bond donors (Lipinski definition) is 2. The molecule has 1 atom stereocenters. The van der Waals surface area contributed by atoms with E-state index in [0.29, 0.717) is 17.4 Å². The number of nitro groups is 1. The molecule has 1 aromatic rings. The van der Waals surface area contributed by atoms with Crippen LogP contribution in [0.25, 0.3) is 0 Å². The van der Waals surface area contributed by atoms with Crippen LogP contribution < -0.4 is 5.32 Å². The van der Waals surface area contributed by atoms with Crippen LogP contribution in [-0.2, 0) is 4.79 Å². The third-order valence-electron chi connectivity index (χ3n) is 3.17. The number of rotatable bonds is 6. The number of carboxylic acid groups (broad SMARTS) is 1. The van der Waals surface area contributed by atoms with Gasteiger partial charge in [0.1, 0.15) is 11.5 Å². The van der Waals surface area contributed by atoms with Crippen molar-refractivity contribution in [3.05, 3.63) is 27.9 Å². The molecule has 2 rings (SSSR count). The minimum Gasteiger partial charge on any atom is -0.481 e. The normalized spacial score (nSPS) is 15.8. The molecule has 19 heavy (non-hydrogen) atoms. The van der Waals surface area contributed by atoms with Crippen LogP contribution in [0.4, 0.5) is 11.5 Å². The van der Waals surface area contributed by atoms with Gasteiger partial charge in [-0.15, -0.1) is 0 Å². The van der Waals surface area contributed by atoms with Crippen molar-refractivity contribution in [2.45, 2.75) is 32.2 Å². The van der Waals surface area contributed by atoms with Crippen LogP contribution in [0.1, 0.15) is 25.0 Å². The lowest BCUT2D eigenvalue weighted by molar-refractivity contribution is -0.385. The van der Waals surface area contributed by atoms with Crippen LogP contribution >= 0.6 is 0 Å². The first-order chi connectivity index (χ1) is 8.97. The van der Waals surface area contributed by atoms with E-state index in [1.807, 2.05) is 0 Å². The number of pyridine rings is 1. The second-order valence-electron chi connectivity index (χ2n) is 4.74. The zero-order chi connectivity index (χ0) is 14.0. The third kappa shape index (κ3) is 3.40. The summed E-state index contributed by atoms with van der Waals surface area (Å²) in [6.45, 7) is 1.56. The molecule has 1 aromatic heterocycles.